The van der Waals surface area contributed by atoms with Gasteiger partial charge in [-0.05, 0) is 91.1 Å². The maximum atomic E-state index is 12.8. The predicted molar refractivity (Wildman–Crippen MR) is 137 cm³/mol. The van der Waals surface area contributed by atoms with Crippen LogP contribution in [-0.2, 0) is 20.7 Å². The van der Waals surface area contributed by atoms with Crippen molar-refractivity contribution in [1.29, 1.82) is 0 Å². The van der Waals surface area contributed by atoms with Crippen LogP contribution in [-0.4, -0.2) is 41.5 Å². The van der Waals surface area contributed by atoms with E-state index in [1.54, 1.807) is 0 Å². The van der Waals surface area contributed by atoms with Gasteiger partial charge >= 0.3 is 5.97 Å². The first-order chi connectivity index (χ1) is 16.8. The minimum atomic E-state index is -0.113. The van der Waals surface area contributed by atoms with Gasteiger partial charge in [0.2, 0.25) is 5.91 Å². The number of nitrogens with zero attached hydrogens (tertiary/aromatic N) is 1. The lowest BCUT2D eigenvalue weighted by molar-refractivity contribution is -0.160. The number of para-hydroxylation sites is 1. The summed E-state index contributed by atoms with van der Waals surface area (Å²) in [7, 11) is 2.04. The van der Waals surface area contributed by atoms with Gasteiger partial charge in [-0.25, -0.2) is 0 Å². The first-order valence-corrected chi connectivity index (χ1v) is 13.8. The molecule has 2 aromatic rings. The molecule has 1 aromatic heterocycles. The summed E-state index contributed by atoms with van der Waals surface area (Å²) in [5, 5.41) is 1.11. The fourth-order valence-electron chi connectivity index (χ4n) is 9.21. The van der Waals surface area contributed by atoms with Crippen LogP contribution in [0.3, 0.4) is 0 Å². The van der Waals surface area contributed by atoms with E-state index in [-0.39, 0.29) is 16.8 Å². The lowest BCUT2D eigenvalue weighted by Gasteiger charge is -2.61. The number of nitrogens with one attached hydrogen (secondary N) is 1. The molecular weight excluding hydrogens is 436 g/mol. The van der Waals surface area contributed by atoms with Crippen molar-refractivity contribution in [3.63, 3.8) is 0 Å². The Balaban J connectivity index is 1.12. The van der Waals surface area contributed by atoms with Gasteiger partial charge in [0.05, 0.1) is 13.0 Å². The van der Waals surface area contributed by atoms with Gasteiger partial charge in [-0.3, -0.25) is 9.59 Å². The number of aromatic amines is 1. The average molecular weight is 477 g/mol. The number of hydrogen-bond donors (Lipinski definition) is 1. The standard InChI is InChI=1S/C30H40N2O3/c1-29-14-12-24-22(9-11-26-30(24,2)15-13-27(33)32(26)3)23(29)10-8-20(29)18-35-28(34)16-19-17-31-25-7-5-4-6-21(19)25/h4-7,17,20,22-24,26,31H,8-16,18H2,1-3H3/t20?,22-,23-,24-,26+,29+,30+/m0/s1. The number of fused-ring (bicyclic) bond motifs is 6. The Hall–Kier alpha value is -2.30. The number of carbonyl (C=O) groups is 2. The average Bonchev–Trinajstić information content (AvgIpc) is 3.41. The number of rotatable bonds is 4. The Labute approximate surface area is 209 Å². The number of carbonyl (C=O) groups excluding carboxylic acids is 2. The Bertz CT molecular complexity index is 1140. The van der Waals surface area contributed by atoms with Crippen LogP contribution in [0.5, 0.6) is 0 Å². The Morgan fingerprint density at radius 3 is 2.71 bits per heavy atom. The SMILES string of the molecule is CN1C(=O)CC[C@]2(C)[C@H]3CC[C@]4(C)C(COC(=O)Cc5c[nH]c6ccccc56)CC[C@H]4[C@@H]3CC[C@@H]12. The number of piperidine rings is 1. The monoisotopic (exact) mass is 476 g/mol. The van der Waals surface area contributed by atoms with Crippen molar-refractivity contribution in [2.75, 3.05) is 13.7 Å². The number of aromatic nitrogens is 1. The van der Waals surface area contributed by atoms with E-state index >= 15 is 0 Å². The van der Waals surface area contributed by atoms with Crippen molar-refractivity contribution >= 4 is 22.8 Å². The van der Waals surface area contributed by atoms with E-state index in [1.807, 2.05) is 31.4 Å². The zero-order valence-electron chi connectivity index (χ0n) is 21.5. The van der Waals surface area contributed by atoms with Crippen LogP contribution in [0.15, 0.2) is 30.5 Å². The quantitative estimate of drug-likeness (QED) is 0.573. The van der Waals surface area contributed by atoms with Crippen LogP contribution in [0.2, 0.25) is 0 Å². The summed E-state index contributed by atoms with van der Waals surface area (Å²) in [6, 6.07) is 8.53. The van der Waals surface area contributed by atoms with Crippen LogP contribution >= 0.6 is 0 Å². The second-order valence-electron chi connectivity index (χ2n) is 12.5. The molecule has 1 unspecified atom stereocenters. The number of esters is 1. The molecule has 6 rings (SSSR count). The van der Waals surface area contributed by atoms with E-state index in [2.05, 4.69) is 29.8 Å². The van der Waals surface area contributed by atoms with Crippen LogP contribution in [0.4, 0.5) is 0 Å². The summed E-state index contributed by atoms with van der Waals surface area (Å²) >= 11 is 0. The molecule has 188 valence electrons. The van der Waals surface area contributed by atoms with Crippen LogP contribution < -0.4 is 0 Å². The van der Waals surface area contributed by atoms with Crippen LogP contribution in [0.25, 0.3) is 10.9 Å². The van der Waals surface area contributed by atoms with Crippen molar-refractivity contribution in [3.8, 4) is 0 Å². The third-order valence-corrected chi connectivity index (χ3v) is 11.2. The van der Waals surface area contributed by atoms with Gasteiger partial charge in [-0.2, -0.15) is 0 Å². The molecule has 3 aliphatic carbocycles. The molecule has 1 saturated heterocycles. The zero-order valence-corrected chi connectivity index (χ0v) is 21.5. The normalized spacial score (nSPS) is 38.7. The van der Waals surface area contributed by atoms with Crippen molar-refractivity contribution in [3.05, 3.63) is 36.0 Å². The molecule has 5 heteroatoms. The number of ether oxygens (including phenoxy) is 1. The van der Waals surface area contributed by atoms with Gasteiger partial charge in [0.15, 0.2) is 0 Å². The maximum absolute atomic E-state index is 12.8. The van der Waals surface area contributed by atoms with E-state index < -0.39 is 0 Å². The van der Waals surface area contributed by atoms with Crippen molar-refractivity contribution in [2.45, 2.75) is 77.7 Å². The molecule has 4 aliphatic rings. The summed E-state index contributed by atoms with van der Waals surface area (Å²) in [5.74, 6) is 2.88. The number of hydrogen-bond acceptors (Lipinski definition) is 3. The number of amides is 1. The van der Waals surface area contributed by atoms with Crippen LogP contribution in [0.1, 0.15) is 70.8 Å². The van der Waals surface area contributed by atoms with E-state index in [1.165, 1.54) is 32.1 Å². The molecule has 1 aliphatic heterocycles. The summed E-state index contributed by atoms with van der Waals surface area (Å²) < 4.78 is 5.93. The number of likely N-dealkylation sites (tertiary alicyclic amines) is 1. The molecule has 4 fully saturated rings. The highest BCUT2D eigenvalue weighted by Crippen LogP contribution is 2.66. The Morgan fingerprint density at radius 2 is 1.86 bits per heavy atom. The summed E-state index contributed by atoms with van der Waals surface area (Å²) in [5.41, 5.74) is 2.61. The van der Waals surface area contributed by atoms with Crippen LogP contribution in [0, 0.1) is 34.5 Å². The van der Waals surface area contributed by atoms with E-state index in [9.17, 15) is 9.59 Å². The molecule has 7 atom stereocenters. The molecule has 0 radical (unpaired) electrons. The highest BCUT2D eigenvalue weighted by Gasteiger charge is 2.61. The summed E-state index contributed by atoms with van der Waals surface area (Å²) in [4.78, 5) is 30.5. The largest absolute Gasteiger partial charge is 0.465 e. The number of H-pyrrole nitrogens is 1. The lowest BCUT2D eigenvalue weighted by atomic mass is 9.47. The second kappa shape index (κ2) is 8.38. The van der Waals surface area contributed by atoms with Gasteiger partial charge in [0.25, 0.3) is 0 Å². The molecule has 2 heterocycles. The topological polar surface area (TPSA) is 62.4 Å². The highest BCUT2D eigenvalue weighted by molar-refractivity contribution is 5.87. The molecule has 0 spiro atoms. The molecule has 1 aromatic carbocycles. The predicted octanol–water partition coefficient (Wildman–Crippen LogP) is 5.73. The zero-order chi connectivity index (χ0) is 24.4. The highest BCUT2D eigenvalue weighted by atomic mass is 16.5. The van der Waals surface area contributed by atoms with E-state index in [0.717, 1.165) is 47.1 Å². The second-order valence-corrected chi connectivity index (χ2v) is 12.5. The molecular formula is C30H40N2O3. The van der Waals surface area contributed by atoms with Crippen molar-refractivity contribution < 1.29 is 14.3 Å². The maximum Gasteiger partial charge on any atom is 0.310 e. The van der Waals surface area contributed by atoms with Gasteiger partial charge < -0.3 is 14.6 Å². The Morgan fingerprint density at radius 1 is 1.06 bits per heavy atom. The van der Waals surface area contributed by atoms with Crippen molar-refractivity contribution in [2.24, 2.45) is 34.5 Å². The lowest BCUT2D eigenvalue weighted by Crippen LogP contribution is -2.61. The summed E-state index contributed by atoms with van der Waals surface area (Å²) in [6.07, 6.45) is 11.3. The first-order valence-electron chi connectivity index (χ1n) is 13.8. The van der Waals surface area contributed by atoms with Crippen molar-refractivity contribution in [1.82, 2.24) is 9.88 Å². The summed E-state index contributed by atoms with van der Waals surface area (Å²) in [6.45, 7) is 5.53. The Kier molecular flexibility index (Phi) is 5.54. The first kappa shape index (κ1) is 23.1. The fourth-order valence-corrected chi connectivity index (χ4v) is 9.21. The minimum Gasteiger partial charge on any atom is -0.465 e. The molecule has 0 bridgehead atoms. The third-order valence-electron chi connectivity index (χ3n) is 11.2. The number of benzene rings is 1. The van der Waals surface area contributed by atoms with Gasteiger partial charge in [0.1, 0.15) is 0 Å². The molecule has 1 N–H and O–H groups in total. The molecule has 3 saturated carbocycles. The molecule has 35 heavy (non-hydrogen) atoms. The van der Waals surface area contributed by atoms with Gasteiger partial charge in [0, 0.05) is 36.6 Å². The van der Waals surface area contributed by atoms with E-state index in [0.29, 0.717) is 37.3 Å². The molecule has 1 amide bonds. The van der Waals surface area contributed by atoms with E-state index in [4.69, 9.17) is 4.74 Å². The fraction of sp³-hybridized carbons (Fsp3) is 0.667. The minimum absolute atomic E-state index is 0.113. The third kappa shape index (κ3) is 3.55. The van der Waals surface area contributed by atoms with Gasteiger partial charge in [-0.1, -0.05) is 32.0 Å². The van der Waals surface area contributed by atoms with Gasteiger partial charge in [-0.15, -0.1) is 0 Å². The molecule has 5 nitrogen and oxygen atoms in total. The smallest absolute Gasteiger partial charge is 0.310 e.